The number of allylic oxidation sites excluding steroid dienone is 4. The van der Waals surface area contributed by atoms with Crippen LogP contribution in [-0.4, -0.2) is 0 Å². The summed E-state index contributed by atoms with van der Waals surface area (Å²) in [7, 11) is -0.656. The van der Waals surface area contributed by atoms with Crippen LogP contribution in [0.4, 0.5) is 0 Å². The molecule has 158 valence electrons. The molecule has 0 aliphatic heterocycles. The third kappa shape index (κ3) is 4.32. The second kappa shape index (κ2) is 8.60. The second-order valence-electron chi connectivity index (χ2n) is 9.67. The molecule has 0 bridgehead atoms. The Morgan fingerprint density at radius 3 is 1.74 bits per heavy atom. The lowest BCUT2D eigenvalue weighted by Crippen LogP contribution is -2.25. The van der Waals surface area contributed by atoms with E-state index in [2.05, 4.69) is 126 Å². The van der Waals surface area contributed by atoms with Gasteiger partial charge in [0.05, 0.1) is 0 Å². The molecule has 1 heteroatoms. The summed E-state index contributed by atoms with van der Waals surface area (Å²) in [5, 5.41) is 4.29. The molecular formula is C30H33P. The van der Waals surface area contributed by atoms with Gasteiger partial charge in [-0.25, -0.2) is 0 Å². The lowest BCUT2D eigenvalue weighted by atomic mass is 9.85. The summed E-state index contributed by atoms with van der Waals surface area (Å²) < 4.78 is 0. The molecule has 3 aromatic carbocycles. The Balaban J connectivity index is 2.02. The van der Waals surface area contributed by atoms with Crippen LogP contribution >= 0.6 is 7.92 Å². The predicted molar refractivity (Wildman–Crippen MR) is 139 cm³/mol. The molecule has 3 aromatic rings. The highest BCUT2D eigenvalue weighted by atomic mass is 31.1. The Bertz CT molecular complexity index is 1090. The first-order chi connectivity index (χ1) is 14.8. The highest BCUT2D eigenvalue weighted by Gasteiger charge is 2.28. The van der Waals surface area contributed by atoms with Crippen molar-refractivity contribution in [1.29, 1.82) is 0 Å². The van der Waals surface area contributed by atoms with Gasteiger partial charge in [-0.3, -0.25) is 0 Å². The van der Waals surface area contributed by atoms with Gasteiger partial charge in [-0.1, -0.05) is 112 Å². The smallest absolute Gasteiger partial charge is 0.000427 e. The molecule has 0 saturated carbocycles. The normalized spacial score (nSPS) is 16.7. The Morgan fingerprint density at radius 2 is 1.29 bits per heavy atom. The first-order valence-corrected chi connectivity index (χ1v) is 12.6. The summed E-state index contributed by atoms with van der Waals surface area (Å²) >= 11 is 0. The molecule has 0 fully saturated rings. The number of hydrogen-bond donors (Lipinski definition) is 0. The van der Waals surface area contributed by atoms with Crippen LogP contribution in [0.5, 0.6) is 0 Å². The average molecular weight is 425 g/mol. The van der Waals surface area contributed by atoms with Crippen LogP contribution in [0.2, 0.25) is 0 Å². The first-order valence-electron chi connectivity index (χ1n) is 11.2. The van der Waals surface area contributed by atoms with E-state index in [9.17, 15) is 0 Å². The third-order valence-electron chi connectivity index (χ3n) is 6.37. The number of hydrogen-bond acceptors (Lipinski definition) is 0. The van der Waals surface area contributed by atoms with Crippen molar-refractivity contribution in [2.45, 2.75) is 47.0 Å². The van der Waals surface area contributed by atoms with Crippen LogP contribution in [0.15, 0.2) is 96.1 Å². The number of benzene rings is 3. The molecule has 0 amide bonds. The predicted octanol–water partition coefficient (Wildman–Crippen LogP) is 7.11. The van der Waals surface area contributed by atoms with Gasteiger partial charge in [0, 0.05) is 5.92 Å². The largest absolute Gasteiger partial charge is 0.0740 e. The molecular weight excluding hydrogens is 391 g/mol. The first kappa shape index (κ1) is 21.8. The molecule has 0 heterocycles. The monoisotopic (exact) mass is 424 g/mol. The molecule has 4 rings (SSSR count). The zero-order valence-electron chi connectivity index (χ0n) is 19.6. The van der Waals surface area contributed by atoms with Gasteiger partial charge >= 0.3 is 0 Å². The lowest BCUT2D eigenvalue weighted by molar-refractivity contribution is 0.590. The van der Waals surface area contributed by atoms with E-state index in [4.69, 9.17) is 0 Å². The van der Waals surface area contributed by atoms with E-state index >= 15 is 0 Å². The average Bonchev–Trinajstić information content (AvgIpc) is 3.00. The molecule has 1 atom stereocenters. The lowest BCUT2D eigenvalue weighted by Gasteiger charge is -2.28. The van der Waals surface area contributed by atoms with Crippen molar-refractivity contribution >= 4 is 29.4 Å². The Kier molecular flexibility index (Phi) is 6.05. The van der Waals surface area contributed by atoms with Gasteiger partial charge in [-0.15, -0.1) is 0 Å². The van der Waals surface area contributed by atoms with Crippen molar-refractivity contribution in [3.8, 4) is 0 Å². The van der Waals surface area contributed by atoms with E-state index < -0.39 is 7.92 Å². The molecule has 31 heavy (non-hydrogen) atoms. The van der Waals surface area contributed by atoms with Gasteiger partial charge in [0.1, 0.15) is 0 Å². The fourth-order valence-electron chi connectivity index (χ4n) is 4.58. The fraction of sp³-hybridized carbons (Fsp3) is 0.267. The summed E-state index contributed by atoms with van der Waals surface area (Å²) in [4.78, 5) is 0. The van der Waals surface area contributed by atoms with E-state index in [1.807, 2.05) is 0 Å². The summed E-state index contributed by atoms with van der Waals surface area (Å²) in [6, 6.07) is 29.4. The van der Waals surface area contributed by atoms with Crippen LogP contribution in [0, 0.1) is 5.92 Å². The molecule has 0 aromatic heterocycles. The van der Waals surface area contributed by atoms with Gasteiger partial charge in [0.25, 0.3) is 0 Å². The minimum absolute atomic E-state index is 0.112. The van der Waals surface area contributed by atoms with Crippen molar-refractivity contribution in [2.24, 2.45) is 5.92 Å². The highest BCUT2D eigenvalue weighted by Crippen LogP contribution is 2.43. The molecule has 0 spiro atoms. The SMILES string of the molecule is CC1=CC(C)C(c2ccc(C(C)(C)C)cc2P(c2ccccc2)c2ccccc2)=C1C. The van der Waals surface area contributed by atoms with Crippen molar-refractivity contribution in [3.63, 3.8) is 0 Å². The minimum Gasteiger partial charge on any atom is -0.0740 e. The maximum Gasteiger partial charge on any atom is 0.000427 e. The van der Waals surface area contributed by atoms with E-state index in [1.165, 1.54) is 43.8 Å². The van der Waals surface area contributed by atoms with Crippen LogP contribution in [0.3, 0.4) is 0 Å². The standard InChI is InChI=1S/C30H33P/c1-21-19-22(2)29(23(21)3)27-18-17-24(30(4,5)6)20-28(27)31(25-13-9-7-10-14-25)26-15-11-8-12-16-26/h7-20,22H,1-6H3. The van der Waals surface area contributed by atoms with E-state index in [-0.39, 0.29) is 5.41 Å². The summed E-state index contributed by atoms with van der Waals surface area (Å²) in [6.07, 6.45) is 2.42. The molecule has 1 aliphatic carbocycles. The van der Waals surface area contributed by atoms with Crippen molar-refractivity contribution in [1.82, 2.24) is 0 Å². The van der Waals surface area contributed by atoms with E-state index in [0.717, 1.165) is 0 Å². The third-order valence-corrected chi connectivity index (χ3v) is 8.86. The van der Waals surface area contributed by atoms with Gasteiger partial charge in [0.15, 0.2) is 0 Å². The fourth-order valence-corrected chi connectivity index (χ4v) is 7.08. The molecule has 0 N–H and O–H groups in total. The second-order valence-corrected chi connectivity index (χ2v) is 11.9. The maximum atomic E-state index is 2.50. The Labute approximate surface area is 189 Å². The molecule has 1 unspecified atom stereocenters. The van der Waals surface area contributed by atoms with E-state index in [1.54, 1.807) is 0 Å². The topological polar surface area (TPSA) is 0 Å². The summed E-state index contributed by atoms with van der Waals surface area (Å²) in [6.45, 7) is 13.8. The zero-order valence-corrected chi connectivity index (χ0v) is 20.5. The van der Waals surface area contributed by atoms with Crippen LogP contribution < -0.4 is 15.9 Å². The minimum atomic E-state index is -0.656. The van der Waals surface area contributed by atoms with Gasteiger partial charge in [0.2, 0.25) is 0 Å². The quantitative estimate of drug-likeness (QED) is 0.391. The van der Waals surface area contributed by atoms with Gasteiger partial charge < -0.3 is 0 Å². The molecule has 0 radical (unpaired) electrons. The van der Waals surface area contributed by atoms with Crippen molar-refractivity contribution in [2.75, 3.05) is 0 Å². The Morgan fingerprint density at radius 1 is 0.742 bits per heavy atom. The van der Waals surface area contributed by atoms with Crippen LogP contribution in [-0.2, 0) is 5.41 Å². The maximum absolute atomic E-state index is 2.50. The van der Waals surface area contributed by atoms with Gasteiger partial charge in [-0.2, -0.15) is 0 Å². The van der Waals surface area contributed by atoms with Gasteiger partial charge in [-0.05, 0) is 71.4 Å². The van der Waals surface area contributed by atoms with Crippen LogP contribution in [0.25, 0.3) is 5.57 Å². The number of rotatable bonds is 4. The zero-order chi connectivity index (χ0) is 22.2. The van der Waals surface area contributed by atoms with E-state index in [0.29, 0.717) is 5.92 Å². The molecule has 1 aliphatic rings. The van der Waals surface area contributed by atoms with Crippen molar-refractivity contribution < 1.29 is 0 Å². The highest BCUT2D eigenvalue weighted by molar-refractivity contribution is 7.80. The summed E-state index contributed by atoms with van der Waals surface area (Å²) in [5.41, 5.74) is 7.28. The van der Waals surface area contributed by atoms with Crippen LogP contribution in [0.1, 0.15) is 52.7 Å². The summed E-state index contributed by atoms with van der Waals surface area (Å²) in [5.74, 6) is 0.447. The Hall–Kier alpha value is -2.43. The molecule has 0 nitrogen and oxygen atoms in total. The van der Waals surface area contributed by atoms with Crippen molar-refractivity contribution in [3.05, 3.63) is 107 Å². The molecule has 0 saturated heterocycles.